The molecule has 2 fully saturated rings. The molecule has 2 amide bonds. The zero-order chi connectivity index (χ0) is 24.5. The Kier molecular flexibility index (Phi) is 7.00. The highest BCUT2D eigenvalue weighted by molar-refractivity contribution is 5.80. The van der Waals surface area contributed by atoms with Gasteiger partial charge in [0.25, 0.3) is 0 Å². The number of aliphatic hydroxyl groups is 1. The van der Waals surface area contributed by atoms with Gasteiger partial charge in [-0.2, -0.15) is 0 Å². The van der Waals surface area contributed by atoms with Gasteiger partial charge in [-0.1, -0.05) is 16.8 Å². The summed E-state index contributed by atoms with van der Waals surface area (Å²) < 4.78 is 41.0. The monoisotopic (exact) mass is 473 g/mol. The Labute approximate surface area is 191 Å². The minimum atomic E-state index is -4.83. The molecule has 1 atom stereocenters. The predicted octanol–water partition coefficient (Wildman–Crippen LogP) is 4.55. The van der Waals surface area contributed by atoms with Crippen molar-refractivity contribution in [1.29, 1.82) is 0 Å². The maximum absolute atomic E-state index is 14.0. The molecular weight excluding hydrogens is 441 g/mol. The van der Waals surface area contributed by atoms with Crippen molar-refractivity contribution in [3.8, 4) is 5.75 Å². The van der Waals surface area contributed by atoms with Crippen molar-refractivity contribution < 1.29 is 42.1 Å². The van der Waals surface area contributed by atoms with E-state index in [1.165, 1.54) is 12.1 Å². The number of likely N-dealkylation sites (tertiary alicyclic amines) is 1. The number of amides is 2. The summed E-state index contributed by atoms with van der Waals surface area (Å²) in [7, 11) is 0. The summed E-state index contributed by atoms with van der Waals surface area (Å²) in [5, 5.41) is 13.9. The molecule has 184 valence electrons. The van der Waals surface area contributed by atoms with Gasteiger partial charge in [-0.3, -0.25) is 0 Å². The van der Waals surface area contributed by atoms with E-state index in [0.29, 0.717) is 31.2 Å². The van der Waals surface area contributed by atoms with E-state index in [1.807, 2.05) is 0 Å². The second-order valence-electron chi connectivity index (χ2n) is 10.00. The van der Waals surface area contributed by atoms with Crippen LogP contribution in [0, 0.1) is 0 Å². The van der Waals surface area contributed by atoms with Crippen LogP contribution in [-0.2, 0) is 9.63 Å². The van der Waals surface area contributed by atoms with Crippen LogP contribution in [0.15, 0.2) is 24.3 Å². The summed E-state index contributed by atoms with van der Waals surface area (Å²) in [6.45, 7) is 5.93. The largest absolute Gasteiger partial charge is 0.573 e. The van der Waals surface area contributed by atoms with Crippen LogP contribution < -0.4 is 10.1 Å². The Morgan fingerprint density at radius 3 is 2.06 bits per heavy atom. The number of benzene rings is 1. The lowest BCUT2D eigenvalue weighted by Crippen LogP contribution is -2.63. The van der Waals surface area contributed by atoms with E-state index in [1.54, 1.807) is 20.8 Å². The lowest BCUT2D eigenvalue weighted by Gasteiger charge is -2.45. The molecule has 1 saturated heterocycles. The minimum Gasteiger partial charge on any atom is -0.406 e. The van der Waals surface area contributed by atoms with Crippen LogP contribution in [-0.4, -0.2) is 52.3 Å². The van der Waals surface area contributed by atoms with E-state index < -0.39 is 45.8 Å². The van der Waals surface area contributed by atoms with Crippen molar-refractivity contribution in [2.45, 2.75) is 82.7 Å². The highest BCUT2D eigenvalue weighted by Crippen LogP contribution is 2.46. The average Bonchev–Trinajstić information content (AvgIpc) is 2.66. The number of carbonyl (C=O) groups is 2. The maximum Gasteiger partial charge on any atom is 0.573 e. The predicted molar refractivity (Wildman–Crippen MR) is 113 cm³/mol. The first-order valence-electron chi connectivity index (χ1n) is 11.2. The van der Waals surface area contributed by atoms with Crippen molar-refractivity contribution in [1.82, 2.24) is 5.32 Å². The van der Waals surface area contributed by atoms with Crippen LogP contribution >= 0.6 is 0 Å². The Morgan fingerprint density at radius 1 is 1.03 bits per heavy atom. The van der Waals surface area contributed by atoms with Crippen LogP contribution in [0.3, 0.4) is 0 Å². The summed E-state index contributed by atoms with van der Waals surface area (Å²) in [5.74, 6) is -1.93. The van der Waals surface area contributed by atoms with Crippen molar-refractivity contribution in [3.05, 3.63) is 29.8 Å². The van der Waals surface area contributed by atoms with Crippen LogP contribution in [0.5, 0.6) is 5.75 Å². The second-order valence-corrected chi connectivity index (χ2v) is 10.00. The first-order valence-corrected chi connectivity index (χ1v) is 11.2. The minimum absolute atomic E-state index is 0.276. The van der Waals surface area contributed by atoms with Crippen LogP contribution in [0.25, 0.3) is 0 Å². The normalized spacial score (nSPS) is 20.8. The van der Waals surface area contributed by atoms with Gasteiger partial charge < -0.3 is 15.2 Å². The molecule has 1 aromatic carbocycles. The Bertz CT molecular complexity index is 854. The van der Waals surface area contributed by atoms with Crippen molar-refractivity contribution >= 4 is 12.0 Å². The number of hydrogen-bond acceptors (Lipinski definition) is 5. The zero-order valence-corrected chi connectivity index (χ0v) is 19.2. The third-order valence-corrected chi connectivity index (χ3v) is 6.13. The lowest BCUT2D eigenvalue weighted by atomic mass is 9.68. The number of carbonyl (C=O) groups excluding carboxylic acids is 2. The smallest absolute Gasteiger partial charge is 0.406 e. The van der Waals surface area contributed by atoms with Crippen molar-refractivity contribution in [3.63, 3.8) is 0 Å². The van der Waals surface area contributed by atoms with Gasteiger partial charge in [-0.15, -0.1) is 13.2 Å². The number of piperidine rings is 1. The summed E-state index contributed by atoms with van der Waals surface area (Å²) in [5.41, 5.74) is -1.56. The fourth-order valence-corrected chi connectivity index (χ4v) is 4.47. The molecule has 0 aromatic heterocycles. The van der Waals surface area contributed by atoms with Gasteiger partial charge in [-0.05, 0) is 64.2 Å². The molecule has 1 unspecified atom stereocenters. The molecule has 33 heavy (non-hydrogen) atoms. The zero-order valence-electron chi connectivity index (χ0n) is 19.2. The fraction of sp³-hybridized carbons (Fsp3) is 0.652. The van der Waals surface area contributed by atoms with Crippen molar-refractivity contribution in [2.24, 2.45) is 0 Å². The number of halogens is 3. The van der Waals surface area contributed by atoms with E-state index >= 15 is 0 Å². The SMILES string of the molecule is CC(C)(C)NC(=O)O[N+]1(C(=O)C(c2ccc(OC(F)(F)F)cc2)C2(O)CCC2)CCCCC1. The van der Waals surface area contributed by atoms with Crippen LogP contribution in [0.2, 0.25) is 0 Å². The molecule has 3 rings (SSSR count). The molecule has 2 aliphatic rings. The van der Waals surface area contributed by atoms with E-state index in [0.717, 1.165) is 25.0 Å². The number of hydroxylamine groups is 3. The Morgan fingerprint density at radius 2 is 1.61 bits per heavy atom. The summed E-state index contributed by atoms with van der Waals surface area (Å²) in [4.78, 5) is 32.3. The molecular formula is C23H32F3N2O5+. The molecule has 10 heteroatoms. The van der Waals surface area contributed by atoms with E-state index in [4.69, 9.17) is 4.84 Å². The quantitative estimate of drug-likeness (QED) is 0.627. The Balaban J connectivity index is 1.93. The number of quaternary nitrogens is 1. The van der Waals surface area contributed by atoms with Crippen LogP contribution in [0.4, 0.5) is 18.0 Å². The molecule has 1 aromatic rings. The maximum atomic E-state index is 14.0. The lowest BCUT2D eigenvalue weighted by molar-refractivity contribution is -1.03. The summed E-state index contributed by atoms with van der Waals surface area (Å²) in [6, 6.07) is 4.96. The van der Waals surface area contributed by atoms with E-state index in [2.05, 4.69) is 10.1 Å². The van der Waals surface area contributed by atoms with E-state index in [-0.39, 0.29) is 13.1 Å². The molecule has 7 nitrogen and oxygen atoms in total. The average molecular weight is 474 g/mol. The first-order chi connectivity index (χ1) is 15.2. The molecule has 2 N–H and O–H groups in total. The van der Waals surface area contributed by atoms with Gasteiger partial charge in [0.2, 0.25) is 0 Å². The van der Waals surface area contributed by atoms with Gasteiger partial charge in [-0.25, -0.2) is 14.4 Å². The summed E-state index contributed by atoms with van der Waals surface area (Å²) in [6.07, 6.45) is -1.88. The van der Waals surface area contributed by atoms with Gasteiger partial charge in [0.15, 0.2) is 0 Å². The molecule has 0 spiro atoms. The highest BCUT2D eigenvalue weighted by atomic mass is 19.4. The second kappa shape index (κ2) is 9.13. The van der Waals surface area contributed by atoms with Gasteiger partial charge in [0, 0.05) is 18.4 Å². The molecule has 0 radical (unpaired) electrons. The first kappa shape index (κ1) is 25.3. The Hall–Kier alpha value is -2.33. The van der Waals surface area contributed by atoms with Crippen LogP contribution in [0.1, 0.15) is 70.8 Å². The third kappa shape index (κ3) is 6.17. The standard InChI is InChI=1S/C23H31F3N2O5/c1-21(2,3)27-20(30)33-28(14-5-4-6-15-28)19(29)18(22(31)12-7-13-22)16-8-10-17(11-9-16)32-23(24,25)26/h8-11,18,31H,4-7,12-15H2,1-3H3/p+1. The van der Waals surface area contributed by atoms with Gasteiger partial charge >= 0.3 is 18.4 Å². The number of alkyl halides is 3. The van der Waals surface area contributed by atoms with Gasteiger partial charge in [0.1, 0.15) is 24.8 Å². The molecule has 0 bridgehead atoms. The van der Waals surface area contributed by atoms with E-state index in [9.17, 15) is 27.9 Å². The van der Waals surface area contributed by atoms with Gasteiger partial charge in [0.05, 0.1) is 5.60 Å². The fourth-order valence-electron chi connectivity index (χ4n) is 4.47. The number of nitrogens with one attached hydrogen (secondary N) is 1. The molecule has 1 saturated carbocycles. The molecule has 1 aliphatic carbocycles. The topological polar surface area (TPSA) is 84.9 Å². The number of rotatable bonds is 4. The highest BCUT2D eigenvalue weighted by Gasteiger charge is 2.57. The molecule has 1 heterocycles. The number of ether oxygens (including phenoxy) is 1. The van der Waals surface area contributed by atoms with Crippen molar-refractivity contribution in [2.75, 3.05) is 13.1 Å². The number of nitrogens with zero attached hydrogens (tertiary/aromatic N) is 1. The summed E-state index contributed by atoms with van der Waals surface area (Å²) >= 11 is 0. The molecule has 1 aliphatic heterocycles. The number of hydrogen-bond donors (Lipinski definition) is 2. The third-order valence-electron chi connectivity index (χ3n) is 6.13.